The first-order chi connectivity index (χ1) is 8.93. The minimum absolute atomic E-state index is 0.516. The molecule has 0 bridgehead atoms. The van der Waals surface area contributed by atoms with Gasteiger partial charge in [-0.15, -0.1) is 0 Å². The predicted molar refractivity (Wildman–Crippen MR) is 67.5 cm³/mol. The third-order valence-corrected chi connectivity index (χ3v) is 3.27. The van der Waals surface area contributed by atoms with E-state index in [2.05, 4.69) is 22.6 Å². The highest BCUT2D eigenvalue weighted by molar-refractivity contribution is 5.37. The summed E-state index contributed by atoms with van der Waals surface area (Å²) in [5.41, 5.74) is 2.24. The average Bonchev–Trinajstić information content (AvgIpc) is 2.92. The highest BCUT2D eigenvalue weighted by Crippen LogP contribution is 2.32. The zero-order valence-corrected chi connectivity index (χ0v) is 10.1. The first-order valence-electron chi connectivity index (χ1n) is 6.25. The standard InChI is InChI=1S/C14H16N2O2/c1-2-4-14-13(3-1)11(5-7-17-14)9-15-10-12-6-8-18-16-12/h1-4,6,8,11,15H,5,7,9-10H2. The summed E-state index contributed by atoms with van der Waals surface area (Å²) < 4.78 is 10.5. The predicted octanol–water partition coefficient (Wildman–Crippen LogP) is 2.33. The zero-order chi connectivity index (χ0) is 12.2. The molecule has 0 amide bonds. The van der Waals surface area contributed by atoms with E-state index in [0.29, 0.717) is 5.92 Å². The summed E-state index contributed by atoms with van der Waals surface area (Å²) >= 11 is 0. The second-order valence-electron chi connectivity index (χ2n) is 4.49. The van der Waals surface area contributed by atoms with Crippen molar-refractivity contribution in [2.24, 2.45) is 0 Å². The number of nitrogens with one attached hydrogen (secondary N) is 1. The van der Waals surface area contributed by atoms with E-state index in [4.69, 9.17) is 9.26 Å². The second-order valence-corrected chi connectivity index (χ2v) is 4.49. The Kier molecular flexibility index (Phi) is 3.28. The molecule has 0 aliphatic carbocycles. The normalized spacial score (nSPS) is 18.1. The quantitative estimate of drug-likeness (QED) is 0.896. The number of para-hydroxylation sites is 1. The number of rotatable bonds is 4. The molecular formula is C14H16N2O2. The second kappa shape index (κ2) is 5.23. The largest absolute Gasteiger partial charge is 0.493 e. The molecule has 1 aliphatic heterocycles. The molecule has 0 saturated carbocycles. The van der Waals surface area contributed by atoms with Crippen LogP contribution in [0.25, 0.3) is 0 Å². The van der Waals surface area contributed by atoms with Crippen LogP contribution in [0.1, 0.15) is 23.6 Å². The average molecular weight is 244 g/mol. The topological polar surface area (TPSA) is 47.3 Å². The smallest absolute Gasteiger partial charge is 0.124 e. The lowest BCUT2D eigenvalue weighted by Crippen LogP contribution is -2.25. The van der Waals surface area contributed by atoms with E-state index in [1.807, 2.05) is 18.2 Å². The molecular weight excluding hydrogens is 228 g/mol. The molecule has 2 heterocycles. The summed E-state index contributed by atoms with van der Waals surface area (Å²) in [4.78, 5) is 0. The fourth-order valence-electron chi connectivity index (χ4n) is 2.33. The fraction of sp³-hybridized carbons (Fsp3) is 0.357. The molecule has 0 saturated heterocycles. The maximum absolute atomic E-state index is 5.65. The molecule has 18 heavy (non-hydrogen) atoms. The number of aromatic nitrogens is 1. The SMILES string of the molecule is c1ccc2c(c1)OCCC2CNCc1ccon1. The van der Waals surface area contributed by atoms with Crippen molar-refractivity contribution in [3.8, 4) is 5.75 Å². The Morgan fingerprint density at radius 3 is 3.11 bits per heavy atom. The van der Waals surface area contributed by atoms with Gasteiger partial charge in [-0.2, -0.15) is 0 Å². The lowest BCUT2D eigenvalue weighted by molar-refractivity contribution is 0.264. The number of benzene rings is 1. The summed E-state index contributed by atoms with van der Waals surface area (Å²) in [5.74, 6) is 1.54. The molecule has 0 spiro atoms. The molecule has 1 aromatic carbocycles. The summed E-state index contributed by atoms with van der Waals surface area (Å²) in [6.07, 6.45) is 2.66. The van der Waals surface area contributed by atoms with Crippen molar-refractivity contribution in [1.29, 1.82) is 0 Å². The molecule has 1 N–H and O–H groups in total. The van der Waals surface area contributed by atoms with Crippen molar-refractivity contribution in [3.05, 3.63) is 47.9 Å². The molecule has 2 aromatic rings. The number of fused-ring (bicyclic) bond motifs is 1. The lowest BCUT2D eigenvalue weighted by Gasteiger charge is -2.25. The molecule has 1 atom stereocenters. The number of ether oxygens (including phenoxy) is 1. The van der Waals surface area contributed by atoms with Crippen molar-refractivity contribution < 1.29 is 9.26 Å². The highest BCUT2D eigenvalue weighted by atomic mass is 16.5. The fourth-order valence-corrected chi connectivity index (χ4v) is 2.33. The van der Waals surface area contributed by atoms with Gasteiger partial charge in [0.15, 0.2) is 0 Å². The summed E-state index contributed by atoms with van der Waals surface area (Å²) in [5, 5.41) is 7.30. The van der Waals surface area contributed by atoms with Crippen LogP contribution in [0.5, 0.6) is 5.75 Å². The maximum atomic E-state index is 5.65. The minimum atomic E-state index is 0.516. The van der Waals surface area contributed by atoms with Gasteiger partial charge in [-0.25, -0.2) is 0 Å². The minimum Gasteiger partial charge on any atom is -0.493 e. The third-order valence-electron chi connectivity index (χ3n) is 3.27. The first-order valence-corrected chi connectivity index (χ1v) is 6.25. The van der Waals surface area contributed by atoms with Gasteiger partial charge >= 0.3 is 0 Å². The van der Waals surface area contributed by atoms with Gasteiger partial charge in [-0.3, -0.25) is 0 Å². The van der Waals surface area contributed by atoms with Crippen LogP contribution < -0.4 is 10.1 Å². The Morgan fingerprint density at radius 2 is 2.22 bits per heavy atom. The Morgan fingerprint density at radius 1 is 1.28 bits per heavy atom. The molecule has 94 valence electrons. The monoisotopic (exact) mass is 244 g/mol. The van der Waals surface area contributed by atoms with Crippen molar-refractivity contribution in [3.63, 3.8) is 0 Å². The number of hydrogen-bond donors (Lipinski definition) is 1. The molecule has 4 nitrogen and oxygen atoms in total. The summed E-state index contributed by atoms with van der Waals surface area (Å²) in [6.45, 7) is 2.48. The lowest BCUT2D eigenvalue weighted by atomic mass is 9.93. The maximum Gasteiger partial charge on any atom is 0.124 e. The van der Waals surface area contributed by atoms with Crippen LogP contribution in [0.4, 0.5) is 0 Å². The van der Waals surface area contributed by atoms with Gasteiger partial charge in [0.1, 0.15) is 12.0 Å². The van der Waals surface area contributed by atoms with E-state index in [9.17, 15) is 0 Å². The Labute approximate surface area is 106 Å². The van der Waals surface area contributed by atoms with Crippen LogP contribution in [0.3, 0.4) is 0 Å². The summed E-state index contributed by atoms with van der Waals surface area (Å²) in [7, 11) is 0. The highest BCUT2D eigenvalue weighted by Gasteiger charge is 2.20. The van der Waals surface area contributed by atoms with E-state index >= 15 is 0 Å². The van der Waals surface area contributed by atoms with Crippen molar-refractivity contribution >= 4 is 0 Å². The van der Waals surface area contributed by atoms with Crippen LogP contribution in [0.2, 0.25) is 0 Å². The third kappa shape index (κ3) is 2.38. The number of hydrogen-bond acceptors (Lipinski definition) is 4. The van der Waals surface area contributed by atoms with E-state index in [1.54, 1.807) is 6.26 Å². The van der Waals surface area contributed by atoms with Gasteiger partial charge in [-0.1, -0.05) is 23.4 Å². The molecule has 1 aromatic heterocycles. The van der Waals surface area contributed by atoms with Crippen LogP contribution in [0.15, 0.2) is 41.1 Å². The number of nitrogens with zero attached hydrogens (tertiary/aromatic N) is 1. The molecule has 1 aliphatic rings. The van der Waals surface area contributed by atoms with Gasteiger partial charge in [0.05, 0.1) is 12.3 Å². The van der Waals surface area contributed by atoms with Crippen LogP contribution in [-0.4, -0.2) is 18.3 Å². The summed E-state index contributed by atoms with van der Waals surface area (Å²) in [6, 6.07) is 10.2. The van der Waals surface area contributed by atoms with E-state index < -0.39 is 0 Å². The van der Waals surface area contributed by atoms with E-state index in [0.717, 1.165) is 37.6 Å². The molecule has 4 heteroatoms. The van der Waals surface area contributed by atoms with E-state index in [-0.39, 0.29) is 0 Å². The van der Waals surface area contributed by atoms with Crippen LogP contribution >= 0.6 is 0 Å². The van der Waals surface area contributed by atoms with Gasteiger partial charge < -0.3 is 14.6 Å². The first kappa shape index (κ1) is 11.3. The van der Waals surface area contributed by atoms with Crippen LogP contribution in [0, 0.1) is 0 Å². The molecule has 0 radical (unpaired) electrons. The van der Waals surface area contributed by atoms with Crippen molar-refractivity contribution in [2.75, 3.05) is 13.2 Å². The molecule has 1 unspecified atom stereocenters. The van der Waals surface area contributed by atoms with E-state index in [1.165, 1.54) is 5.56 Å². The zero-order valence-electron chi connectivity index (χ0n) is 10.1. The van der Waals surface area contributed by atoms with Gasteiger partial charge in [-0.05, 0) is 18.1 Å². The van der Waals surface area contributed by atoms with Gasteiger partial charge in [0, 0.05) is 25.1 Å². The molecule has 0 fully saturated rings. The van der Waals surface area contributed by atoms with Crippen molar-refractivity contribution in [2.45, 2.75) is 18.9 Å². The van der Waals surface area contributed by atoms with Gasteiger partial charge in [0.25, 0.3) is 0 Å². The van der Waals surface area contributed by atoms with Gasteiger partial charge in [0.2, 0.25) is 0 Å². The van der Waals surface area contributed by atoms with Crippen LogP contribution in [-0.2, 0) is 6.54 Å². The Balaban J connectivity index is 1.60. The van der Waals surface area contributed by atoms with Crippen molar-refractivity contribution in [1.82, 2.24) is 10.5 Å². The molecule has 3 rings (SSSR count). The Hall–Kier alpha value is -1.81. The Bertz CT molecular complexity index is 496.